The number of benzene rings is 2. The van der Waals surface area contributed by atoms with E-state index in [-0.39, 0.29) is 6.10 Å². The molecule has 0 spiro atoms. The van der Waals surface area contributed by atoms with Gasteiger partial charge in [-0.15, -0.1) is 11.3 Å². The van der Waals surface area contributed by atoms with Crippen LogP contribution >= 0.6 is 27.3 Å². The largest absolute Gasteiger partial charge is 0.490 e. The van der Waals surface area contributed by atoms with Gasteiger partial charge in [0.2, 0.25) is 0 Å². The monoisotopic (exact) mass is 444 g/mol. The highest BCUT2D eigenvalue weighted by atomic mass is 79.9. The first-order valence-electron chi connectivity index (χ1n) is 9.37. The highest BCUT2D eigenvalue weighted by Gasteiger charge is 2.10. The number of halogens is 1. The van der Waals surface area contributed by atoms with Gasteiger partial charge in [-0.1, -0.05) is 32.4 Å². The zero-order chi connectivity index (χ0) is 19.2. The van der Waals surface area contributed by atoms with Crippen LogP contribution in [0.2, 0.25) is 0 Å². The fraction of sp³-hybridized carbons (Fsp3) is 0.318. The van der Waals surface area contributed by atoms with Crippen molar-refractivity contribution >= 4 is 38.1 Å². The number of thiazole rings is 1. The highest BCUT2D eigenvalue weighted by Crippen LogP contribution is 2.33. The van der Waals surface area contributed by atoms with Crippen LogP contribution in [0.5, 0.6) is 5.75 Å². The Morgan fingerprint density at radius 1 is 1.15 bits per heavy atom. The minimum absolute atomic E-state index is 0.200. The van der Waals surface area contributed by atoms with E-state index < -0.39 is 0 Å². The number of nitrogens with one attached hydrogen (secondary N) is 1. The number of ether oxygens (including phenoxy) is 1. The predicted octanol–water partition coefficient (Wildman–Crippen LogP) is 7.45. The van der Waals surface area contributed by atoms with Gasteiger partial charge < -0.3 is 10.1 Å². The average Bonchev–Trinajstić information content (AvgIpc) is 3.13. The Balaban J connectivity index is 1.70. The molecule has 142 valence electrons. The minimum Gasteiger partial charge on any atom is -0.490 e. The third-order valence-corrected chi connectivity index (χ3v) is 5.76. The number of aromatic nitrogens is 1. The Kier molecular flexibility index (Phi) is 6.91. The number of aryl methyl sites for hydroxylation is 1. The Morgan fingerprint density at radius 2 is 1.93 bits per heavy atom. The molecule has 1 unspecified atom stereocenters. The minimum atomic E-state index is 0.200. The summed E-state index contributed by atoms with van der Waals surface area (Å²) in [5.41, 5.74) is 4.46. The number of hydrogen-bond acceptors (Lipinski definition) is 4. The quantitative estimate of drug-likeness (QED) is 0.391. The lowest BCUT2D eigenvalue weighted by atomic mass is 10.1. The van der Waals surface area contributed by atoms with Crippen molar-refractivity contribution in [1.29, 1.82) is 0 Å². The summed E-state index contributed by atoms with van der Waals surface area (Å²) in [6.07, 6.45) is 3.47. The van der Waals surface area contributed by atoms with Gasteiger partial charge in [0.25, 0.3) is 0 Å². The number of hydrogen-bond donors (Lipinski definition) is 1. The summed E-state index contributed by atoms with van der Waals surface area (Å²) in [7, 11) is 0. The van der Waals surface area contributed by atoms with Crippen molar-refractivity contribution < 1.29 is 4.74 Å². The molecular weight excluding hydrogens is 420 g/mol. The zero-order valence-electron chi connectivity index (χ0n) is 16.0. The molecule has 0 amide bonds. The lowest BCUT2D eigenvalue weighted by molar-refractivity contribution is 0.216. The second-order valence-corrected chi connectivity index (χ2v) is 8.30. The molecule has 2 aromatic carbocycles. The van der Waals surface area contributed by atoms with Crippen molar-refractivity contribution in [3.05, 3.63) is 57.9 Å². The van der Waals surface area contributed by atoms with Gasteiger partial charge in [0.05, 0.1) is 16.3 Å². The summed E-state index contributed by atoms with van der Waals surface area (Å²) in [5, 5.41) is 6.36. The second-order valence-electron chi connectivity index (χ2n) is 6.59. The molecular formula is C22H25BrN2OS. The highest BCUT2D eigenvalue weighted by molar-refractivity contribution is 9.10. The van der Waals surface area contributed by atoms with Crippen LogP contribution in [0.3, 0.4) is 0 Å². The van der Waals surface area contributed by atoms with E-state index in [2.05, 4.69) is 83.8 Å². The fourth-order valence-electron chi connectivity index (χ4n) is 2.69. The number of nitrogens with zero attached hydrogens (tertiary/aromatic N) is 1. The van der Waals surface area contributed by atoms with Crippen molar-refractivity contribution in [2.75, 3.05) is 5.32 Å². The summed E-state index contributed by atoms with van der Waals surface area (Å²) < 4.78 is 6.87. The predicted molar refractivity (Wildman–Crippen MR) is 119 cm³/mol. The van der Waals surface area contributed by atoms with Crippen molar-refractivity contribution in [1.82, 2.24) is 4.98 Å². The van der Waals surface area contributed by atoms with Crippen molar-refractivity contribution in [2.45, 2.75) is 46.1 Å². The van der Waals surface area contributed by atoms with Gasteiger partial charge in [-0.25, -0.2) is 4.98 Å². The Labute approximate surface area is 173 Å². The van der Waals surface area contributed by atoms with Crippen molar-refractivity contribution in [2.24, 2.45) is 0 Å². The zero-order valence-corrected chi connectivity index (χ0v) is 18.4. The second kappa shape index (κ2) is 9.38. The van der Waals surface area contributed by atoms with E-state index in [0.29, 0.717) is 0 Å². The average molecular weight is 445 g/mol. The van der Waals surface area contributed by atoms with Crippen LogP contribution in [0.15, 0.2) is 52.3 Å². The summed E-state index contributed by atoms with van der Waals surface area (Å²) in [4.78, 5) is 4.73. The lowest BCUT2D eigenvalue weighted by Crippen LogP contribution is -2.09. The van der Waals surface area contributed by atoms with Gasteiger partial charge in [0.1, 0.15) is 5.75 Å². The standard InChI is InChI=1S/C22H25BrN2OS/c1-4-6-16-7-10-18(11-8-16)24-22-25-20(14-27-22)17-9-12-21(19(23)13-17)26-15(3)5-2/h7-15H,4-6H2,1-3H3,(H,24,25). The molecule has 1 N–H and O–H groups in total. The molecule has 0 radical (unpaired) electrons. The first-order valence-corrected chi connectivity index (χ1v) is 11.0. The molecule has 5 heteroatoms. The first kappa shape index (κ1) is 19.9. The van der Waals surface area contributed by atoms with Crippen molar-refractivity contribution in [3.63, 3.8) is 0 Å². The van der Waals surface area contributed by atoms with Gasteiger partial charge in [-0.2, -0.15) is 0 Å². The SMILES string of the molecule is CCCc1ccc(Nc2nc(-c3ccc(OC(C)CC)c(Br)c3)cs2)cc1. The summed E-state index contributed by atoms with van der Waals surface area (Å²) >= 11 is 5.23. The van der Waals surface area contributed by atoms with Gasteiger partial charge in [-0.3, -0.25) is 0 Å². The fourth-order valence-corrected chi connectivity index (χ4v) is 3.90. The molecule has 3 aromatic rings. The van der Waals surface area contributed by atoms with E-state index in [4.69, 9.17) is 9.72 Å². The molecule has 3 rings (SSSR count). The topological polar surface area (TPSA) is 34.2 Å². The van der Waals surface area contributed by atoms with Gasteiger partial charge >= 0.3 is 0 Å². The normalized spacial score (nSPS) is 12.0. The third-order valence-electron chi connectivity index (χ3n) is 4.38. The van der Waals surface area contributed by atoms with E-state index in [9.17, 15) is 0 Å². The summed E-state index contributed by atoms with van der Waals surface area (Å²) in [6.45, 7) is 6.40. The van der Waals surface area contributed by atoms with Crippen LogP contribution in [-0.4, -0.2) is 11.1 Å². The van der Waals surface area contributed by atoms with E-state index in [1.54, 1.807) is 11.3 Å². The van der Waals surface area contributed by atoms with Gasteiger partial charge in [0, 0.05) is 16.6 Å². The molecule has 0 aliphatic heterocycles. The molecule has 0 bridgehead atoms. The summed E-state index contributed by atoms with van der Waals surface area (Å²) in [5.74, 6) is 0.869. The van der Waals surface area contributed by atoms with Gasteiger partial charge in [0.15, 0.2) is 5.13 Å². The van der Waals surface area contributed by atoms with E-state index in [1.165, 1.54) is 12.0 Å². The van der Waals surface area contributed by atoms with Crippen LogP contribution in [-0.2, 0) is 6.42 Å². The van der Waals surface area contributed by atoms with E-state index in [0.717, 1.165) is 45.1 Å². The summed E-state index contributed by atoms with van der Waals surface area (Å²) in [6, 6.07) is 14.7. The van der Waals surface area contributed by atoms with E-state index in [1.807, 2.05) is 6.07 Å². The van der Waals surface area contributed by atoms with E-state index >= 15 is 0 Å². The van der Waals surface area contributed by atoms with Crippen LogP contribution in [0.1, 0.15) is 39.2 Å². The maximum atomic E-state index is 5.92. The number of rotatable bonds is 8. The molecule has 1 heterocycles. The Hall–Kier alpha value is -1.85. The molecule has 0 aliphatic rings. The maximum Gasteiger partial charge on any atom is 0.187 e. The maximum absolute atomic E-state index is 5.92. The molecule has 0 saturated heterocycles. The van der Waals surface area contributed by atoms with Crippen molar-refractivity contribution in [3.8, 4) is 17.0 Å². The molecule has 1 aromatic heterocycles. The molecule has 0 aliphatic carbocycles. The lowest BCUT2D eigenvalue weighted by Gasteiger charge is -2.14. The molecule has 0 fully saturated rings. The van der Waals surface area contributed by atoms with Crippen LogP contribution < -0.4 is 10.1 Å². The molecule has 0 saturated carbocycles. The third kappa shape index (κ3) is 5.33. The molecule has 1 atom stereocenters. The van der Waals surface area contributed by atoms with Crippen LogP contribution in [0.4, 0.5) is 10.8 Å². The smallest absolute Gasteiger partial charge is 0.187 e. The van der Waals surface area contributed by atoms with Gasteiger partial charge in [-0.05, 0) is 71.6 Å². The Morgan fingerprint density at radius 3 is 2.59 bits per heavy atom. The Bertz CT molecular complexity index is 876. The first-order chi connectivity index (χ1) is 13.1. The molecule has 27 heavy (non-hydrogen) atoms. The number of anilines is 2. The molecule has 3 nitrogen and oxygen atoms in total. The van der Waals surface area contributed by atoms with Crippen LogP contribution in [0, 0.1) is 0 Å². The van der Waals surface area contributed by atoms with Crippen LogP contribution in [0.25, 0.3) is 11.3 Å².